The van der Waals surface area contributed by atoms with Crippen LogP contribution in [0, 0.1) is 0 Å². The number of hydrogen-bond acceptors (Lipinski definition) is 19. The van der Waals surface area contributed by atoms with E-state index in [9.17, 15) is 53.4 Å². The maximum absolute atomic E-state index is 12.7. The van der Waals surface area contributed by atoms with Crippen LogP contribution in [0.2, 0.25) is 0 Å². The van der Waals surface area contributed by atoms with E-state index in [0.717, 1.165) is 24.3 Å². The number of nitrogens with one attached hydrogen (secondary N) is 2. The molecule has 0 bridgehead atoms. The number of nitrogens with zero attached hydrogens (tertiary/aromatic N) is 3. The Morgan fingerprint density at radius 3 is 1.36 bits per heavy atom. The van der Waals surface area contributed by atoms with Crippen LogP contribution in [0.5, 0.6) is 0 Å². The monoisotopic (exact) mass is 847 g/mol. The largest absolute Gasteiger partial charge is 0.480 e. The fourth-order valence-corrected chi connectivity index (χ4v) is 4.31. The number of carbonyl (C=O) groups is 9. The van der Waals surface area contributed by atoms with Crippen LogP contribution in [0.25, 0.3) is 0 Å². The van der Waals surface area contributed by atoms with Crippen molar-refractivity contribution in [3.05, 3.63) is 24.3 Å². The molecule has 0 aromatic heterocycles. The van der Waals surface area contributed by atoms with Crippen molar-refractivity contribution >= 4 is 53.6 Å². The Hall–Kier alpha value is -5.49. The predicted octanol–water partition coefficient (Wildman–Crippen LogP) is -3.06. The van der Waals surface area contributed by atoms with Gasteiger partial charge in [-0.1, -0.05) is 0 Å². The maximum atomic E-state index is 12.7. The lowest BCUT2D eigenvalue weighted by atomic mass is 10.3. The topological polar surface area (TPSA) is 303 Å². The lowest BCUT2D eigenvalue weighted by Crippen LogP contribution is -2.47. The zero-order chi connectivity index (χ0) is 44.9. The van der Waals surface area contributed by atoms with E-state index >= 15 is 0 Å². The predicted molar refractivity (Wildman–Crippen MR) is 202 cm³/mol. The number of carboxylic acids is 2. The molecule has 23 nitrogen and oxygen atoms in total. The van der Waals surface area contributed by atoms with Gasteiger partial charge < -0.3 is 54.4 Å². The fourth-order valence-electron chi connectivity index (χ4n) is 4.31. The molecule has 59 heavy (non-hydrogen) atoms. The van der Waals surface area contributed by atoms with E-state index in [2.05, 4.69) is 15.4 Å². The number of rotatable bonds is 31. The van der Waals surface area contributed by atoms with Crippen LogP contribution < -0.4 is 10.6 Å². The molecule has 0 aromatic carbocycles. The van der Waals surface area contributed by atoms with Crippen LogP contribution in [0.15, 0.2) is 24.3 Å². The summed E-state index contributed by atoms with van der Waals surface area (Å²) in [6, 6.07) is 0. The minimum atomic E-state index is -1.18. The third-order valence-electron chi connectivity index (χ3n) is 7.19. The van der Waals surface area contributed by atoms with Crippen LogP contribution in [-0.4, -0.2) is 207 Å². The second kappa shape index (κ2) is 30.6. The Bertz CT molecular complexity index is 1450. The van der Waals surface area contributed by atoms with Gasteiger partial charge in [-0.15, -0.1) is 0 Å². The van der Waals surface area contributed by atoms with Gasteiger partial charge in [0.2, 0.25) is 11.8 Å². The summed E-state index contributed by atoms with van der Waals surface area (Å²) in [6.45, 7) is 3.35. The molecule has 0 aromatic rings. The standard InChI is InChI=1S/C36H57N5O18/c1-24(42)20-55-32(49)7-9-34(51)58-26(3)22-54-25(2)21-56-33(50)8-10-35(52)59-27(4)23-57-36(53)19-41(16-29(44)38-6)14-12-39(17-30(45)46)11-13-40(18-31(47)48)15-28(43)37-5/h7-10,24-27,42H,11-23H2,1-6H3,(H,37,43)(H,38,44)(H,45,46)(H,47,48)/b9-7+,10-8+. The van der Waals surface area contributed by atoms with Gasteiger partial charge in [0, 0.05) is 64.6 Å². The molecule has 0 aliphatic carbocycles. The van der Waals surface area contributed by atoms with Crippen LogP contribution in [0.4, 0.5) is 0 Å². The number of carbonyl (C=O) groups excluding carboxylic acids is 7. The van der Waals surface area contributed by atoms with Crippen LogP contribution in [0.1, 0.15) is 27.7 Å². The highest BCUT2D eigenvalue weighted by Gasteiger charge is 2.21. The average Bonchev–Trinajstić information content (AvgIpc) is 3.16. The van der Waals surface area contributed by atoms with Crippen molar-refractivity contribution in [2.24, 2.45) is 0 Å². The van der Waals surface area contributed by atoms with Gasteiger partial charge in [0.25, 0.3) is 0 Å². The first kappa shape index (κ1) is 53.5. The van der Waals surface area contributed by atoms with Crippen molar-refractivity contribution in [3.63, 3.8) is 0 Å². The molecule has 23 heteroatoms. The van der Waals surface area contributed by atoms with Gasteiger partial charge in [0.05, 0.1) is 51.5 Å². The van der Waals surface area contributed by atoms with E-state index in [-0.39, 0.29) is 65.7 Å². The first-order chi connectivity index (χ1) is 27.7. The van der Waals surface area contributed by atoms with Crippen molar-refractivity contribution in [1.29, 1.82) is 0 Å². The molecule has 0 fully saturated rings. The summed E-state index contributed by atoms with van der Waals surface area (Å²) in [5.74, 6) is -7.56. The highest BCUT2D eigenvalue weighted by Crippen LogP contribution is 2.02. The number of aliphatic hydroxyl groups is 1. The van der Waals surface area contributed by atoms with Gasteiger partial charge in [-0.2, -0.15) is 0 Å². The Morgan fingerprint density at radius 2 is 0.898 bits per heavy atom. The van der Waals surface area contributed by atoms with Crippen molar-refractivity contribution < 1.29 is 86.9 Å². The van der Waals surface area contributed by atoms with E-state index < -0.39 is 97.6 Å². The summed E-state index contributed by atoms with van der Waals surface area (Å²) in [5, 5.41) is 32.5. The van der Waals surface area contributed by atoms with E-state index in [1.54, 1.807) is 6.92 Å². The number of aliphatic hydroxyl groups excluding tert-OH is 1. The molecule has 0 spiro atoms. The first-order valence-corrected chi connectivity index (χ1v) is 18.3. The maximum Gasteiger partial charge on any atom is 0.331 e. The smallest absolute Gasteiger partial charge is 0.331 e. The van der Waals surface area contributed by atoms with Crippen molar-refractivity contribution in [2.45, 2.75) is 52.1 Å². The van der Waals surface area contributed by atoms with Gasteiger partial charge in [-0.3, -0.25) is 38.7 Å². The van der Waals surface area contributed by atoms with Crippen LogP contribution in [-0.2, 0) is 71.6 Å². The minimum absolute atomic E-state index is 0.0147. The molecule has 0 aliphatic heterocycles. The van der Waals surface area contributed by atoms with Crippen molar-refractivity contribution in [3.8, 4) is 0 Å². The summed E-state index contributed by atoms with van der Waals surface area (Å²) in [7, 11) is 2.78. The molecule has 0 aliphatic rings. The summed E-state index contributed by atoms with van der Waals surface area (Å²) >= 11 is 0. The third kappa shape index (κ3) is 30.3. The summed E-state index contributed by atoms with van der Waals surface area (Å²) < 4.78 is 30.5. The fraction of sp³-hybridized carbons (Fsp3) is 0.639. The molecule has 0 heterocycles. The summed E-state index contributed by atoms with van der Waals surface area (Å²) in [5.41, 5.74) is 0. The van der Waals surface area contributed by atoms with Crippen molar-refractivity contribution in [2.75, 3.05) is 99.4 Å². The van der Waals surface area contributed by atoms with Crippen LogP contribution >= 0.6 is 0 Å². The van der Waals surface area contributed by atoms with Crippen LogP contribution in [0.3, 0.4) is 0 Å². The minimum Gasteiger partial charge on any atom is -0.480 e. The molecular formula is C36H57N5O18. The molecule has 0 rings (SSSR count). The third-order valence-corrected chi connectivity index (χ3v) is 7.19. The van der Waals surface area contributed by atoms with E-state index in [4.69, 9.17) is 28.8 Å². The molecule has 4 unspecified atom stereocenters. The summed E-state index contributed by atoms with van der Waals surface area (Å²) in [6.07, 6.45) is 0.134. The van der Waals surface area contributed by atoms with Gasteiger partial charge >= 0.3 is 41.8 Å². The molecule has 0 saturated heterocycles. The van der Waals surface area contributed by atoms with E-state index in [1.807, 2.05) is 0 Å². The number of esters is 5. The Morgan fingerprint density at radius 1 is 0.508 bits per heavy atom. The summed E-state index contributed by atoms with van der Waals surface area (Å²) in [4.78, 5) is 111. The lowest BCUT2D eigenvalue weighted by molar-refractivity contribution is -0.155. The number of carboxylic acid groups (broad SMARTS) is 2. The number of aliphatic carboxylic acids is 2. The number of amides is 2. The van der Waals surface area contributed by atoms with Gasteiger partial charge in [-0.05, 0) is 27.7 Å². The highest BCUT2D eigenvalue weighted by atomic mass is 16.6. The molecule has 2 amide bonds. The molecule has 0 radical (unpaired) electrons. The molecule has 4 atom stereocenters. The first-order valence-electron chi connectivity index (χ1n) is 18.3. The van der Waals surface area contributed by atoms with E-state index in [1.165, 1.54) is 49.6 Å². The quantitative estimate of drug-likeness (QED) is 0.0263. The molecule has 0 saturated carbocycles. The zero-order valence-corrected chi connectivity index (χ0v) is 34.1. The number of hydrogen-bond donors (Lipinski definition) is 5. The molecule has 5 N–H and O–H groups in total. The molecule has 334 valence electrons. The Labute approximate surface area is 341 Å². The van der Waals surface area contributed by atoms with Gasteiger partial charge in [0.1, 0.15) is 32.0 Å². The van der Waals surface area contributed by atoms with Gasteiger partial charge in [-0.25, -0.2) is 19.2 Å². The number of ether oxygens (including phenoxy) is 6. The second-order valence-corrected chi connectivity index (χ2v) is 12.9. The second-order valence-electron chi connectivity index (χ2n) is 12.9. The zero-order valence-electron chi connectivity index (χ0n) is 34.1. The normalized spacial score (nSPS) is 13.4. The SMILES string of the molecule is CNC(=O)CN(CCN(CCN(CC(=O)NC)CC(=O)OCC(C)OC(=O)/C=C/C(=O)OCC(C)OCC(C)OC(=O)/C=C/C(=O)OCC(C)O)CC(=O)O)CC(=O)O. The van der Waals surface area contributed by atoms with Gasteiger partial charge in [0.15, 0.2) is 0 Å². The number of likely N-dealkylation sites (N-methyl/N-ethyl adjacent to an activating group) is 2. The van der Waals surface area contributed by atoms with E-state index in [0.29, 0.717) is 0 Å². The molecular weight excluding hydrogens is 790 g/mol. The average molecular weight is 848 g/mol. The van der Waals surface area contributed by atoms with Crippen molar-refractivity contribution in [1.82, 2.24) is 25.3 Å². The Balaban J connectivity index is 4.85. The Kier molecular flexibility index (Phi) is 27.7. The highest BCUT2D eigenvalue weighted by molar-refractivity contribution is 5.92. The lowest BCUT2D eigenvalue weighted by Gasteiger charge is -2.28.